The van der Waals surface area contributed by atoms with Crippen molar-refractivity contribution in [2.75, 3.05) is 0 Å². The number of quaternary nitrogens is 1. The van der Waals surface area contributed by atoms with Crippen molar-refractivity contribution < 1.29 is 13.5 Å². The number of rotatable bonds is 2. The topological polar surface area (TPSA) is 4.44 Å². The van der Waals surface area contributed by atoms with Crippen molar-refractivity contribution >= 4 is 17.9 Å². The summed E-state index contributed by atoms with van der Waals surface area (Å²) in [6.07, 6.45) is 3.31. The average Bonchev–Trinajstić information content (AvgIpc) is 2.25. The molecule has 0 aromatic heterocycles. The van der Waals surface area contributed by atoms with Crippen molar-refractivity contribution in [2.24, 2.45) is 0 Å². The zero-order chi connectivity index (χ0) is 15.2. The lowest BCUT2D eigenvalue weighted by Gasteiger charge is -2.50. The maximum absolute atomic E-state index is 14.0. The van der Waals surface area contributed by atoms with Crippen LogP contribution in [-0.2, 0) is 0 Å². The van der Waals surface area contributed by atoms with E-state index in [4.69, 9.17) is 0 Å². The summed E-state index contributed by atoms with van der Waals surface area (Å²) in [7, 11) is 0. The summed E-state index contributed by atoms with van der Waals surface area (Å²) in [5, 5.41) is 0. The molecular formula is C16H26BF2N. The normalized spacial score (nSPS) is 22.8. The van der Waals surface area contributed by atoms with Gasteiger partial charge in [-0.1, -0.05) is 23.7 Å². The number of nitrogens with one attached hydrogen (secondary N) is 1. The Bertz CT molecular complexity index is 475. The Morgan fingerprint density at radius 1 is 1.00 bits per heavy atom. The molecule has 1 aliphatic heterocycles. The quantitative estimate of drug-likeness (QED) is 0.794. The van der Waals surface area contributed by atoms with E-state index in [2.05, 4.69) is 27.7 Å². The van der Waals surface area contributed by atoms with Crippen LogP contribution in [0.1, 0.15) is 47.0 Å². The van der Waals surface area contributed by atoms with E-state index in [-0.39, 0.29) is 16.5 Å². The van der Waals surface area contributed by atoms with Crippen LogP contribution in [0.4, 0.5) is 14.3 Å². The summed E-state index contributed by atoms with van der Waals surface area (Å²) in [5.41, 5.74) is 0.985. The highest BCUT2D eigenvalue weighted by Crippen LogP contribution is 2.26. The Labute approximate surface area is 121 Å². The molecule has 1 aromatic rings. The molecule has 1 heterocycles. The molecule has 2 rings (SSSR count). The van der Waals surface area contributed by atoms with E-state index in [1.807, 2.05) is 12.1 Å². The number of hydrogen-bond donors (Lipinski definition) is 1. The molecule has 1 saturated heterocycles. The maximum Gasteiger partial charge on any atom is 0.335 e. The van der Waals surface area contributed by atoms with Crippen molar-refractivity contribution in [3.63, 3.8) is 0 Å². The van der Waals surface area contributed by atoms with Crippen LogP contribution in [0.2, 0.25) is 6.82 Å². The standard InChI is InChI=1S/C16H25BF2N/c1-15(2)11-8-12-16(3,4)20(15)14-10-7-6-9-13(14)17(5,18)19/h6-7,9-10H,8,11-12H2,1-5H3/q-1/p+1. The average molecular weight is 281 g/mol. The Morgan fingerprint density at radius 2 is 1.50 bits per heavy atom. The van der Waals surface area contributed by atoms with Gasteiger partial charge in [0.2, 0.25) is 0 Å². The van der Waals surface area contributed by atoms with Crippen LogP contribution in [0, 0.1) is 0 Å². The third-order valence-corrected chi connectivity index (χ3v) is 4.73. The summed E-state index contributed by atoms with van der Waals surface area (Å²) < 4.78 is 28.0. The predicted octanol–water partition coefficient (Wildman–Crippen LogP) is 3.16. The first-order valence-corrected chi connectivity index (χ1v) is 7.59. The largest absolute Gasteiger partial charge is 0.473 e. The third-order valence-electron chi connectivity index (χ3n) is 4.73. The molecule has 20 heavy (non-hydrogen) atoms. The molecular weight excluding hydrogens is 255 g/mol. The molecule has 0 aliphatic carbocycles. The molecule has 1 fully saturated rings. The fourth-order valence-corrected chi connectivity index (χ4v) is 4.03. The Kier molecular flexibility index (Phi) is 3.74. The first kappa shape index (κ1) is 15.5. The van der Waals surface area contributed by atoms with Gasteiger partial charge in [-0.25, -0.2) is 0 Å². The van der Waals surface area contributed by atoms with Gasteiger partial charge in [0.15, 0.2) is 0 Å². The second-order valence-corrected chi connectivity index (χ2v) is 7.61. The fourth-order valence-electron chi connectivity index (χ4n) is 4.03. The van der Waals surface area contributed by atoms with Crippen molar-refractivity contribution in [1.82, 2.24) is 0 Å². The third kappa shape index (κ3) is 2.76. The number of para-hydroxylation sites is 1. The van der Waals surface area contributed by atoms with Gasteiger partial charge in [-0.05, 0) is 40.2 Å². The predicted molar refractivity (Wildman–Crippen MR) is 82.5 cm³/mol. The minimum atomic E-state index is -3.48. The SMILES string of the molecule is C[B-](F)(F)c1ccccc1[NH+]1C(C)(C)CCCC1(C)C. The van der Waals surface area contributed by atoms with Crippen molar-refractivity contribution in [3.8, 4) is 0 Å². The van der Waals surface area contributed by atoms with Crippen LogP contribution in [0.5, 0.6) is 0 Å². The molecule has 0 amide bonds. The smallest absolute Gasteiger partial charge is 0.335 e. The van der Waals surface area contributed by atoms with Crippen LogP contribution >= 0.6 is 0 Å². The van der Waals surface area contributed by atoms with Crippen LogP contribution in [0.15, 0.2) is 24.3 Å². The first-order chi connectivity index (χ1) is 9.06. The summed E-state index contributed by atoms with van der Waals surface area (Å²) >= 11 is 0. The van der Waals surface area contributed by atoms with Crippen LogP contribution in [0.3, 0.4) is 0 Å². The first-order valence-electron chi connectivity index (χ1n) is 7.59. The van der Waals surface area contributed by atoms with Gasteiger partial charge in [0.25, 0.3) is 0 Å². The van der Waals surface area contributed by atoms with Crippen molar-refractivity contribution in [3.05, 3.63) is 24.3 Å². The molecule has 0 atom stereocenters. The van der Waals surface area contributed by atoms with E-state index in [0.29, 0.717) is 0 Å². The number of halogens is 2. The van der Waals surface area contributed by atoms with Gasteiger partial charge in [-0.2, -0.15) is 0 Å². The Hall–Kier alpha value is -0.895. The lowest BCUT2D eigenvalue weighted by Crippen LogP contribution is -3.23. The van der Waals surface area contributed by atoms with Gasteiger partial charge in [0, 0.05) is 12.8 Å². The van der Waals surface area contributed by atoms with Gasteiger partial charge in [0.1, 0.15) is 5.69 Å². The molecule has 1 aliphatic rings. The monoisotopic (exact) mass is 281 g/mol. The maximum atomic E-state index is 14.0. The van der Waals surface area contributed by atoms with Gasteiger partial charge in [-0.15, -0.1) is 6.82 Å². The molecule has 4 heteroatoms. The zero-order valence-electron chi connectivity index (χ0n) is 13.3. The Balaban J connectivity index is 2.59. The summed E-state index contributed by atoms with van der Waals surface area (Å²) in [6.45, 7) is 6.36. The van der Waals surface area contributed by atoms with E-state index in [1.54, 1.807) is 12.1 Å². The second kappa shape index (κ2) is 4.83. The second-order valence-electron chi connectivity index (χ2n) is 7.61. The molecule has 0 saturated carbocycles. The minimum absolute atomic E-state index is 0.0147. The highest BCUT2D eigenvalue weighted by atomic mass is 19.2. The summed E-state index contributed by atoms with van der Waals surface area (Å²) in [5.74, 6) is 0. The lowest BCUT2D eigenvalue weighted by atomic mass is 9.59. The minimum Gasteiger partial charge on any atom is -0.473 e. The molecule has 1 aromatic carbocycles. The van der Waals surface area contributed by atoms with Gasteiger partial charge in [-0.3, -0.25) is 4.90 Å². The number of piperidine rings is 1. The summed E-state index contributed by atoms with van der Waals surface area (Å²) in [4.78, 5) is 1.20. The Morgan fingerprint density at radius 3 is 2.00 bits per heavy atom. The number of benzene rings is 1. The highest BCUT2D eigenvalue weighted by Gasteiger charge is 2.47. The molecule has 112 valence electrons. The van der Waals surface area contributed by atoms with Crippen LogP contribution in [0.25, 0.3) is 0 Å². The highest BCUT2D eigenvalue weighted by molar-refractivity contribution is 6.79. The van der Waals surface area contributed by atoms with Gasteiger partial charge in [0.05, 0.1) is 11.1 Å². The fraction of sp³-hybridized carbons (Fsp3) is 0.625. The summed E-state index contributed by atoms with van der Waals surface area (Å²) in [6, 6.07) is 7.09. The van der Waals surface area contributed by atoms with Gasteiger partial charge >= 0.3 is 6.70 Å². The van der Waals surface area contributed by atoms with Crippen LogP contribution in [-0.4, -0.2) is 17.8 Å². The van der Waals surface area contributed by atoms with E-state index in [9.17, 15) is 8.63 Å². The zero-order valence-corrected chi connectivity index (χ0v) is 13.3. The molecule has 0 spiro atoms. The van der Waals surface area contributed by atoms with E-state index in [1.165, 1.54) is 11.3 Å². The molecule has 1 N–H and O–H groups in total. The van der Waals surface area contributed by atoms with E-state index >= 15 is 0 Å². The van der Waals surface area contributed by atoms with Gasteiger partial charge < -0.3 is 8.63 Å². The molecule has 0 radical (unpaired) electrons. The molecule has 0 unspecified atom stereocenters. The van der Waals surface area contributed by atoms with E-state index < -0.39 is 6.70 Å². The number of hydrogen-bond acceptors (Lipinski definition) is 0. The van der Waals surface area contributed by atoms with Crippen molar-refractivity contribution in [1.29, 1.82) is 0 Å². The van der Waals surface area contributed by atoms with Crippen molar-refractivity contribution in [2.45, 2.75) is 64.9 Å². The van der Waals surface area contributed by atoms with Crippen LogP contribution < -0.4 is 10.4 Å². The lowest BCUT2D eigenvalue weighted by molar-refractivity contribution is -0.941. The van der Waals surface area contributed by atoms with E-state index in [0.717, 1.165) is 25.4 Å². The molecule has 0 bridgehead atoms. The molecule has 1 nitrogen and oxygen atoms in total.